The van der Waals surface area contributed by atoms with Crippen molar-refractivity contribution in [1.29, 1.82) is 0 Å². The van der Waals surface area contributed by atoms with Crippen molar-refractivity contribution in [3.8, 4) is 17.6 Å². The molecule has 0 amide bonds. The van der Waals surface area contributed by atoms with Gasteiger partial charge in [0.1, 0.15) is 5.75 Å². The minimum absolute atomic E-state index is 0.359. The minimum Gasteiger partial charge on any atom is -0.497 e. The predicted molar refractivity (Wildman–Crippen MR) is 73.8 cm³/mol. The first-order valence-electron chi connectivity index (χ1n) is 6.43. The fourth-order valence-corrected chi connectivity index (χ4v) is 1.49. The summed E-state index contributed by atoms with van der Waals surface area (Å²) in [5, 5.41) is 2.39. The fourth-order valence-electron chi connectivity index (χ4n) is 1.49. The van der Waals surface area contributed by atoms with Crippen molar-refractivity contribution in [1.82, 2.24) is 0 Å². The summed E-state index contributed by atoms with van der Waals surface area (Å²) in [5.41, 5.74) is 0.359. The summed E-state index contributed by atoms with van der Waals surface area (Å²) in [5.74, 6) is 5.42. The largest absolute Gasteiger partial charge is 0.497 e. The van der Waals surface area contributed by atoms with Crippen LogP contribution in [0.2, 0.25) is 0 Å². The molecule has 0 aliphatic rings. The smallest absolute Gasteiger partial charge is 0.420 e. The first-order chi connectivity index (χ1) is 9.47. The van der Waals surface area contributed by atoms with Crippen molar-refractivity contribution < 1.29 is 17.9 Å². The minimum atomic E-state index is -4.40. The quantitative estimate of drug-likeness (QED) is 0.645. The number of methoxy groups -OCH3 is 1. The molecule has 1 aromatic rings. The summed E-state index contributed by atoms with van der Waals surface area (Å²) >= 11 is 0. The molecule has 0 unspecified atom stereocenters. The van der Waals surface area contributed by atoms with Gasteiger partial charge in [-0.3, -0.25) is 0 Å². The second-order valence-electron chi connectivity index (χ2n) is 4.27. The van der Waals surface area contributed by atoms with Crippen LogP contribution in [0.3, 0.4) is 0 Å². The molecule has 1 atom stereocenters. The maximum atomic E-state index is 12.9. The van der Waals surface area contributed by atoms with Crippen LogP contribution in [0, 0.1) is 11.8 Å². The van der Waals surface area contributed by atoms with Gasteiger partial charge in [0.05, 0.1) is 7.11 Å². The zero-order valence-corrected chi connectivity index (χ0v) is 11.6. The number of benzene rings is 1. The number of hydrogen-bond acceptors (Lipinski definition) is 2. The van der Waals surface area contributed by atoms with Crippen molar-refractivity contribution in [3.63, 3.8) is 0 Å². The molecule has 1 rings (SSSR count). The summed E-state index contributed by atoms with van der Waals surface area (Å²) in [6.07, 6.45) is -2.20. The van der Waals surface area contributed by atoms with E-state index in [4.69, 9.17) is 4.74 Å². The zero-order valence-electron chi connectivity index (χ0n) is 11.6. The molecule has 110 valence electrons. The Kier molecular flexibility index (Phi) is 6.23. The van der Waals surface area contributed by atoms with Crippen LogP contribution in [0.25, 0.3) is 0 Å². The SMILES string of the molecule is CCCCC#C[C@H](Nc1ccc(OC)cc1)C(F)(F)F. The lowest BCUT2D eigenvalue weighted by molar-refractivity contribution is -0.130. The Balaban J connectivity index is 2.75. The highest BCUT2D eigenvalue weighted by Gasteiger charge is 2.38. The Morgan fingerprint density at radius 3 is 2.40 bits per heavy atom. The Hall–Kier alpha value is -1.83. The number of halogens is 3. The second-order valence-corrected chi connectivity index (χ2v) is 4.27. The van der Waals surface area contributed by atoms with E-state index >= 15 is 0 Å². The molecule has 2 nitrogen and oxygen atoms in total. The van der Waals surface area contributed by atoms with E-state index in [0.717, 1.165) is 12.8 Å². The van der Waals surface area contributed by atoms with E-state index in [1.807, 2.05) is 6.92 Å². The number of alkyl halides is 3. The number of unbranched alkanes of at least 4 members (excludes halogenated alkanes) is 2. The molecule has 0 saturated carbocycles. The molecule has 1 N–H and O–H groups in total. The van der Waals surface area contributed by atoms with Gasteiger partial charge in [-0.15, -0.1) is 5.92 Å². The molecule has 0 aromatic heterocycles. The van der Waals surface area contributed by atoms with Gasteiger partial charge in [-0.05, 0) is 30.7 Å². The predicted octanol–water partition coefficient (Wildman–Crippen LogP) is 4.23. The van der Waals surface area contributed by atoms with Crippen LogP contribution < -0.4 is 10.1 Å². The average Bonchev–Trinajstić information content (AvgIpc) is 2.42. The molecule has 0 radical (unpaired) electrons. The van der Waals surface area contributed by atoms with E-state index in [1.54, 1.807) is 12.1 Å². The van der Waals surface area contributed by atoms with Gasteiger partial charge in [0, 0.05) is 12.1 Å². The van der Waals surface area contributed by atoms with Crippen molar-refractivity contribution in [3.05, 3.63) is 24.3 Å². The Morgan fingerprint density at radius 2 is 1.90 bits per heavy atom. The summed E-state index contributed by atoms with van der Waals surface area (Å²) < 4.78 is 43.6. The molecule has 20 heavy (non-hydrogen) atoms. The van der Waals surface area contributed by atoms with Crippen LogP contribution in [-0.4, -0.2) is 19.3 Å². The Labute approximate surface area is 117 Å². The molecule has 5 heteroatoms. The highest BCUT2D eigenvalue weighted by Crippen LogP contribution is 2.24. The van der Waals surface area contributed by atoms with Crippen molar-refractivity contribution in [2.75, 3.05) is 12.4 Å². The van der Waals surface area contributed by atoms with Gasteiger partial charge in [0.2, 0.25) is 0 Å². The lowest BCUT2D eigenvalue weighted by Gasteiger charge is -2.17. The van der Waals surface area contributed by atoms with Gasteiger partial charge in [0.15, 0.2) is 6.04 Å². The molecule has 0 aliphatic carbocycles. The van der Waals surface area contributed by atoms with Crippen molar-refractivity contribution in [2.45, 2.75) is 38.4 Å². The number of ether oxygens (including phenoxy) is 1. The van der Waals surface area contributed by atoms with Crippen molar-refractivity contribution >= 4 is 5.69 Å². The first-order valence-corrected chi connectivity index (χ1v) is 6.43. The third-order valence-electron chi connectivity index (χ3n) is 2.63. The van der Waals surface area contributed by atoms with E-state index in [2.05, 4.69) is 17.2 Å². The van der Waals surface area contributed by atoms with Crippen LogP contribution in [-0.2, 0) is 0 Å². The van der Waals surface area contributed by atoms with Gasteiger partial charge >= 0.3 is 6.18 Å². The standard InChI is InChI=1S/C15H18F3NO/c1-3-4-5-6-7-14(15(16,17)18)19-12-8-10-13(20-2)11-9-12/h8-11,14,19H,3-5H2,1-2H3/t14-/m0/s1. The van der Waals surface area contributed by atoms with Gasteiger partial charge in [-0.2, -0.15) is 13.2 Å². The van der Waals surface area contributed by atoms with Crippen LogP contribution in [0.15, 0.2) is 24.3 Å². The fraction of sp³-hybridized carbons (Fsp3) is 0.467. The van der Waals surface area contributed by atoms with Crippen LogP contribution in [0.1, 0.15) is 26.2 Å². The first kappa shape index (κ1) is 16.2. The van der Waals surface area contributed by atoms with Crippen LogP contribution >= 0.6 is 0 Å². The zero-order chi connectivity index (χ0) is 15.0. The maximum absolute atomic E-state index is 12.9. The highest BCUT2D eigenvalue weighted by molar-refractivity contribution is 5.49. The molecule has 0 fully saturated rings. The normalized spacial score (nSPS) is 12.2. The lowest BCUT2D eigenvalue weighted by atomic mass is 10.2. The maximum Gasteiger partial charge on any atom is 0.420 e. The van der Waals surface area contributed by atoms with Crippen LogP contribution in [0.5, 0.6) is 5.75 Å². The molecule has 0 aliphatic heterocycles. The molecular formula is C15H18F3NO. The lowest BCUT2D eigenvalue weighted by Crippen LogP contribution is -2.34. The van der Waals surface area contributed by atoms with E-state index < -0.39 is 12.2 Å². The summed E-state index contributed by atoms with van der Waals surface area (Å²) in [7, 11) is 1.50. The molecular weight excluding hydrogens is 267 g/mol. The van der Waals surface area contributed by atoms with Gasteiger partial charge in [-0.1, -0.05) is 19.3 Å². The summed E-state index contributed by atoms with van der Waals surface area (Å²) in [6, 6.07) is 4.41. The number of anilines is 1. The van der Waals surface area contributed by atoms with Gasteiger partial charge in [0.25, 0.3) is 0 Å². The van der Waals surface area contributed by atoms with Crippen LogP contribution in [0.4, 0.5) is 18.9 Å². The monoisotopic (exact) mass is 285 g/mol. The molecule has 0 spiro atoms. The molecule has 0 bridgehead atoms. The van der Waals surface area contributed by atoms with Crippen molar-refractivity contribution in [2.24, 2.45) is 0 Å². The van der Waals surface area contributed by atoms with Gasteiger partial charge < -0.3 is 10.1 Å². The van der Waals surface area contributed by atoms with E-state index in [1.165, 1.54) is 19.2 Å². The Bertz CT molecular complexity index is 457. The van der Waals surface area contributed by atoms with E-state index in [9.17, 15) is 13.2 Å². The average molecular weight is 285 g/mol. The molecule has 0 heterocycles. The molecule has 0 saturated heterocycles. The number of rotatable bonds is 5. The number of hydrogen-bond donors (Lipinski definition) is 1. The Morgan fingerprint density at radius 1 is 1.25 bits per heavy atom. The van der Waals surface area contributed by atoms with E-state index in [0.29, 0.717) is 17.9 Å². The molecule has 1 aromatic carbocycles. The summed E-state index contributed by atoms with van der Waals surface area (Å²) in [6.45, 7) is 1.97. The van der Waals surface area contributed by atoms with Gasteiger partial charge in [-0.25, -0.2) is 0 Å². The second kappa shape index (κ2) is 7.68. The third-order valence-corrected chi connectivity index (χ3v) is 2.63. The summed E-state index contributed by atoms with van der Waals surface area (Å²) in [4.78, 5) is 0. The van der Waals surface area contributed by atoms with E-state index in [-0.39, 0.29) is 0 Å². The number of nitrogens with one attached hydrogen (secondary N) is 1. The highest BCUT2D eigenvalue weighted by atomic mass is 19.4. The third kappa shape index (κ3) is 5.43. The topological polar surface area (TPSA) is 21.3 Å².